The Morgan fingerprint density at radius 3 is 2.86 bits per heavy atom. The molecule has 0 amide bonds. The van der Waals surface area contributed by atoms with Crippen LogP contribution in [0.25, 0.3) is 6.08 Å². The number of hydrogen-bond acceptors (Lipinski definition) is 4. The molecule has 0 aliphatic carbocycles. The maximum atomic E-state index is 11.2. The Labute approximate surface area is 93.2 Å². The number of halogens is 1. The Morgan fingerprint density at radius 1 is 1.57 bits per heavy atom. The van der Waals surface area contributed by atoms with Crippen LogP contribution in [0.3, 0.4) is 0 Å². The highest BCUT2D eigenvalue weighted by atomic mass is 79.9. The first-order valence-electron chi connectivity index (χ1n) is 3.89. The van der Waals surface area contributed by atoms with E-state index in [-0.39, 0.29) is 5.97 Å². The second-order valence-corrected chi connectivity index (χ2v) is 5.19. The Kier molecular flexibility index (Phi) is 2.52. The maximum Gasteiger partial charge on any atom is 0.363 e. The van der Waals surface area contributed by atoms with Crippen molar-refractivity contribution in [1.82, 2.24) is 0 Å². The molecule has 5 heteroatoms. The van der Waals surface area contributed by atoms with Gasteiger partial charge in [-0.05, 0) is 34.1 Å². The molecule has 0 unspecified atom stereocenters. The molecule has 0 N–H and O–H groups in total. The van der Waals surface area contributed by atoms with E-state index in [1.807, 2.05) is 12.1 Å². The third-order valence-corrected chi connectivity index (χ3v) is 3.17. The van der Waals surface area contributed by atoms with Crippen molar-refractivity contribution in [2.45, 2.75) is 6.92 Å². The Bertz CT molecular complexity index is 447. The molecule has 0 spiro atoms. The number of thiophene rings is 1. The lowest BCUT2D eigenvalue weighted by molar-refractivity contribution is -0.130. The molecule has 1 aliphatic heterocycles. The zero-order valence-electron chi connectivity index (χ0n) is 7.28. The van der Waals surface area contributed by atoms with E-state index in [4.69, 9.17) is 4.74 Å². The number of carbonyl (C=O) groups is 1. The highest BCUT2D eigenvalue weighted by molar-refractivity contribution is 9.11. The molecule has 2 rings (SSSR count). The second-order valence-electron chi connectivity index (χ2n) is 2.69. The highest BCUT2D eigenvalue weighted by Gasteiger charge is 2.19. The zero-order valence-corrected chi connectivity index (χ0v) is 9.68. The summed E-state index contributed by atoms with van der Waals surface area (Å²) in [5.74, 6) is 0.0175. The summed E-state index contributed by atoms with van der Waals surface area (Å²) in [6.07, 6.45) is 1.72. The van der Waals surface area contributed by atoms with Gasteiger partial charge in [-0.25, -0.2) is 9.79 Å². The van der Waals surface area contributed by atoms with Crippen molar-refractivity contribution in [2.75, 3.05) is 0 Å². The first kappa shape index (κ1) is 9.61. The molecule has 1 aromatic heterocycles. The van der Waals surface area contributed by atoms with E-state index in [1.165, 1.54) is 0 Å². The smallest absolute Gasteiger partial charge is 0.363 e. The van der Waals surface area contributed by atoms with Crippen molar-refractivity contribution in [3.63, 3.8) is 0 Å². The predicted octanol–water partition coefficient (Wildman–Crippen LogP) is 2.83. The fraction of sp³-hybridized carbons (Fsp3) is 0.111. The molecule has 0 bridgehead atoms. The van der Waals surface area contributed by atoms with Crippen molar-refractivity contribution in [1.29, 1.82) is 0 Å². The third kappa shape index (κ3) is 1.93. The van der Waals surface area contributed by atoms with Gasteiger partial charge in [-0.15, -0.1) is 11.3 Å². The number of ether oxygens (including phenoxy) is 1. The number of rotatable bonds is 1. The zero-order chi connectivity index (χ0) is 10.1. The van der Waals surface area contributed by atoms with Gasteiger partial charge in [-0.3, -0.25) is 0 Å². The molecular formula is C9H6BrNO2S. The van der Waals surface area contributed by atoms with E-state index < -0.39 is 0 Å². The van der Waals surface area contributed by atoms with E-state index in [0.29, 0.717) is 11.6 Å². The van der Waals surface area contributed by atoms with E-state index in [9.17, 15) is 4.79 Å². The summed E-state index contributed by atoms with van der Waals surface area (Å²) in [6.45, 7) is 1.66. The van der Waals surface area contributed by atoms with Crippen LogP contribution in [0.1, 0.15) is 11.8 Å². The second kappa shape index (κ2) is 3.67. The summed E-state index contributed by atoms with van der Waals surface area (Å²) in [5.41, 5.74) is 0.358. The molecular weight excluding hydrogens is 266 g/mol. The first-order valence-corrected chi connectivity index (χ1v) is 5.50. The Hall–Kier alpha value is -0.940. The predicted molar refractivity (Wildman–Crippen MR) is 59.2 cm³/mol. The van der Waals surface area contributed by atoms with Gasteiger partial charge >= 0.3 is 5.97 Å². The van der Waals surface area contributed by atoms with Crippen LogP contribution in [0, 0.1) is 0 Å². The Morgan fingerprint density at radius 2 is 2.36 bits per heavy atom. The molecule has 0 saturated carbocycles. The lowest BCUT2D eigenvalue weighted by Crippen LogP contribution is -1.99. The van der Waals surface area contributed by atoms with Crippen LogP contribution in [0.4, 0.5) is 0 Å². The van der Waals surface area contributed by atoms with Crippen molar-refractivity contribution in [3.8, 4) is 0 Å². The summed E-state index contributed by atoms with van der Waals surface area (Å²) in [4.78, 5) is 16.1. The first-order chi connectivity index (χ1) is 6.65. The molecule has 1 aromatic rings. The van der Waals surface area contributed by atoms with E-state index in [2.05, 4.69) is 20.9 Å². The van der Waals surface area contributed by atoms with Crippen LogP contribution in [0.5, 0.6) is 0 Å². The van der Waals surface area contributed by atoms with Crippen LogP contribution >= 0.6 is 27.3 Å². The number of aliphatic imine (C=N–C) groups is 1. The summed E-state index contributed by atoms with van der Waals surface area (Å²) >= 11 is 4.89. The monoisotopic (exact) mass is 271 g/mol. The van der Waals surface area contributed by atoms with Gasteiger partial charge in [0.05, 0.1) is 3.79 Å². The van der Waals surface area contributed by atoms with E-state index in [0.717, 1.165) is 8.66 Å². The number of nitrogens with zero attached hydrogens (tertiary/aromatic N) is 1. The molecule has 0 fully saturated rings. The van der Waals surface area contributed by atoms with Crippen LogP contribution in [0.15, 0.2) is 26.6 Å². The minimum atomic E-state index is -0.382. The van der Waals surface area contributed by atoms with Crippen LogP contribution in [0.2, 0.25) is 0 Å². The lowest BCUT2D eigenvalue weighted by Gasteiger charge is -1.88. The fourth-order valence-corrected chi connectivity index (χ4v) is 2.42. The molecule has 14 heavy (non-hydrogen) atoms. The average Bonchev–Trinajstić information content (AvgIpc) is 2.61. The van der Waals surface area contributed by atoms with Gasteiger partial charge in [0.2, 0.25) is 0 Å². The number of cyclic esters (lactones) is 1. The number of esters is 1. The van der Waals surface area contributed by atoms with Crippen molar-refractivity contribution < 1.29 is 9.53 Å². The molecule has 3 nitrogen and oxygen atoms in total. The van der Waals surface area contributed by atoms with Crippen molar-refractivity contribution in [2.24, 2.45) is 4.99 Å². The highest BCUT2D eigenvalue weighted by Crippen LogP contribution is 2.25. The standard InChI is InChI=1S/C9H6BrNO2S/c1-5-11-7(9(12)13-5)4-6-2-3-8(10)14-6/h2-4H,1H3. The number of carbonyl (C=O) groups excluding carboxylic acids is 1. The summed E-state index contributed by atoms with van der Waals surface area (Å²) in [6, 6.07) is 3.84. The van der Waals surface area contributed by atoms with E-state index >= 15 is 0 Å². The summed E-state index contributed by atoms with van der Waals surface area (Å²) in [7, 11) is 0. The van der Waals surface area contributed by atoms with Crippen molar-refractivity contribution >= 4 is 45.2 Å². The Balaban J connectivity index is 2.31. The molecule has 0 aromatic carbocycles. The van der Waals surface area contributed by atoms with Gasteiger partial charge < -0.3 is 4.74 Å². The molecule has 0 radical (unpaired) electrons. The average molecular weight is 272 g/mol. The van der Waals surface area contributed by atoms with Crippen LogP contribution < -0.4 is 0 Å². The molecule has 2 heterocycles. The summed E-state index contributed by atoms with van der Waals surface area (Å²) < 4.78 is 5.81. The third-order valence-electron chi connectivity index (χ3n) is 1.60. The van der Waals surface area contributed by atoms with Gasteiger partial charge in [0.25, 0.3) is 0 Å². The summed E-state index contributed by atoms with van der Waals surface area (Å²) in [5, 5.41) is 0. The van der Waals surface area contributed by atoms with E-state index in [1.54, 1.807) is 24.3 Å². The molecule has 0 saturated heterocycles. The number of hydrogen-bond donors (Lipinski definition) is 0. The largest absolute Gasteiger partial charge is 0.407 e. The molecule has 0 atom stereocenters. The minimum Gasteiger partial charge on any atom is -0.407 e. The van der Waals surface area contributed by atoms with Gasteiger partial charge in [0.1, 0.15) is 0 Å². The molecule has 1 aliphatic rings. The molecule has 72 valence electrons. The topological polar surface area (TPSA) is 38.7 Å². The van der Waals surface area contributed by atoms with Gasteiger partial charge in [-0.1, -0.05) is 0 Å². The van der Waals surface area contributed by atoms with Crippen LogP contribution in [-0.2, 0) is 9.53 Å². The van der Waals surface area contributed by atoms with Gasteiger partial charge in [0.15, 0.2) is 11.6 Å². The lowest BCUT2D eigenvalue weighted by atomic mass is 10.3. The normalized spacial score (nSPS) is 18.6. The SMILES string of the molecule is CC1=NC(=Cc2ccc(Br)s2)C(=O)O1. The minimum absolute atomic E-state index is 0.358. The van der Waals surface area contributed by atoms with Gasteiger partial charge in [0, 0.05) is 11.8 Å². The maximum absolute atomic E-state index is 11.2. The fourth-order valence-electron chi connectivity index (χ4n) is 1.06. The quantitative estimate of drug-likeness (QED) is 0.582. The van der Waals surface area contributed by atoms with Crippen molar-refractivity contribution in [3.05, 3.63) is 26.5 Å². The van der Waals surface area contributed by atoms with Gasteiger partial charge in [-0.2, -0.15) is 0 Å². The van der Waals surface area contributed by atoms with Crippen LogP contribution in [-0.4, -0.2) is 11.9 Å².